The number of hydrogen-bond acceptors (Lipinski definition) is 3. The molecule has 0 spiro atoms. The molecular formula is C19H20F3NO3. The molecule has 0 aromatic heterocycles. The third-order valence-corrected chi connectivity index (χ3v) is 3.60. The van der Waals surface area contributed by atoms with E-state index < -0.39 is 17.6 Å². The molecule has 4 nitrogen and oxygen atoms in total. The minimum Gasteiger partial charge on any atom is -0.496 e. The van der Waals surface area contributed by atoms with E-state index in [1.165, 1.54) is 19.2 Å². The fraction of sp³-hybridized carbons (Fsp3) is 0.316. The average Bonchev–Trinajstić information content (AvgIpc) is 2.61. The molecule has 26 heavy (non-hydrogen) atoms. The standard InChI is InChI=1S/C19H20F3NO3/c1-3-9-26-12-14-10-13(7-8-17(14)25-2)18(24)23-16-6-4-5-15(11-16)19(20,21)22/h4-8,10-11H,3,9,12H2,1-2H3,(H,23,24). The summed E-state index contributed by atoms with van der Waals surface area (Å²) >= 11 is 0. The maximum absolute atomic E-state index is 12.8. The van der Waals surface area contributed by atoms with Crippen LogP contribution in [0.2, 0.25) is 0 Å². The van der Waals surface area contributed by atoms with Crippen molar-refractivity contribution in [3.8, 4) is 5.75 Å². The van der Waals surface area contributed by atoms with Gasteiger partial charge in [0.05, 0.1) is 19.3 Å². The van der Waals surface area contributed by atoms with E-state index in [0.717, 1.165) is 18.6 Å². The van der Waals surface area contributed by atoms with E-state index in [1.54, 1.807) is 18.2 Å². The van der Waals surface area contributed by atoms with Gasteiger partial charge in [0.2, 0.25) is 0 Å². The van der Waals surface area contributed by atoms with Crippen molar-refractivity contribution in [2.24, 2.45) is 0 Å². The Morgan fingerprint density at radius 3 is 2.58 bits per heavy atom. The van der Waals surface area contributed by atoms with Crippen molar-refractivity contribution >= 4 is 11.6 Å². The fourth-order valence-corrected chi connectivity index (χ4v) is 2.34. The van der Waals surface area contributed by atoms with Gasteiger partial charge in [-0.3, -0.25) is 4.79 Å². The lowest BCUT2D eigenvalue weighted by molar-refractivity contribution is -0.137. The van der Waals surface area contributed by atoms with Gasteiger partial charge in [0.1, 0.15) is 5.75 Å². The van der Waals surface area contributed by atoms with E-state index in [2.05, 4.69) is 5.32 Å². The second-order valence-electron chi connectivity index (χ2n) is 5.61. The largest absolute Gasteiger partial charge is 0.496 e. The highest BCUT2D eigenvalue weighted by Crippen LogP contribution is 2.31. The molecule has 7 heteroatoms. The summed E-state index contributed by atoms with van der Waals surface area (Å²) in [7, 11) is 1.51. The maximum Gasteiger partial charge on any atom is 0.416 e. The Kier molecular flexibility index (Phi) is 6.63. The van der Waals surface area contributed by atoms with Gasteiger partial charge in [-0.25, -0.2) is 0 Å². The Labute approximate surface area is 149 Å². The van der Waals surface area contributed by atoms with Crippen LogP contribution in [0.1, 0.15) is 34.8 Å². The van der Waals surface area contributed by atoms with Gasteiger partial charge in [-0.15, -0.1) is 0 Å². The molecule has 0 atom stereocenters. The number of anilines is 1. The zero-order chi connectivity index (χ0) is 19.2. The van der Waals surface area contributed by atoms with E-state index in [0.29, 0.717) is 23.5 Å². The molecule has 0 radical (unpaired) electrons. The van der Waals surface area contributed by atoms with Crippen LogP contribution in [0.15, 0.2) is 42.5 Å². The van der Waals surface area contributed by atoms with Crippen LogP contribution in [0.3, 0.4) is 0 Å². The van der Waals surface area contributed by atoms with E-state index in [1.807, 2.05) is 6.92 Å². The monoisotopic (exact) mass is 367 g/mol. The van der Waals surface area contributed by atoms with Gasteiger partial charge < -0.3 is 14.8 Å². The summed E-state index contributed by atoms with van der Waals surface area (Å²) in [6.45, 7) is 2.83. The quantitative estimate of drug-likeness (QED) is 0.709. The van der Waals surface area contributed by atoms with Crippen LogP contribution in [0.4, 0.5) is 18.9 Å². The number of rotatable bonds is 7. The zero-order valence-electron chi connectivity index (χ0n) is 14.5. The van der Waals surface area contributed by atoms with E-state index >= 15 is 0 Å². The summed E-state index contributed by atoms with van der Waals surface area (Å²) in [6.07, 6.45) is -3.61. The second-order valence-corrected chi connectivity index (χ2v) is 5.61. The Bertz CT molecular complexity index is 760. The summed E-state index contributed by atoms with van der Waals surface area (Å²) in [5, 5.41) is 2.48. The topological polar surface area (TPSA) is 47.6 Å². The van der Waals surface area contributed by atoms with Gasteiger partial charge in [-0.1, -0.05) is 13.0 Å². The Balaban J connectivity index is 2.18. The summed E-state index contributed by atoms with van der Waals surface area (Å²) in [5.41, 5.74) is 0.249. The van der Waals surface area contributed by atoms with Crippen LogP contribution in [0.5, 0.6) is 5.75 Å². The minimum atomic E-state index is -4.47. The number of hydrogen-bond donors (Lipinski definition) is 1. The van der Waals surface area contributed by atoms with E-state index in [4.69, 9.17) is 9.47 Å². The summed E-state index contributed by atoms with van der Waals surface area (Å²) < 4.78 is 49.0. The zero-order valence-corrected chi connectivity index (χ0v) is 14.5. The third kappa shape index (κ3) is 5.23. The number of carbonyl (C=O) groups excluding carboxylic acids is 1. The van der Waals surface area contributed by atoms with Crippen LogP contribution in [-0.2, 0) is 17.5 Å². The molecule has 0 aliphatic rings. The van der Waals surface area contributed by atoms with Gasteiger partial charge >= 0.3 is 6.18 Å². The van der Waals surface area contributed by atoms with Crippen LogP contribution in [0.25, 0.3) is 0 Å². The Morgan fingerprint density at radius 1 is 1.15 bits per heavy atom. The normalized spacial score (nSPS) is 11.3. The number of alkyl halides is 3. The van der Waals surface area contributed by atoms with Crippen molar-refractivity contribution in [1.82, 2.24) is 0 Å². The molecule has 2 rings (SSSR count). The number of carbonyl (C=O) groups is 1. The maximum atomic E-state index is 12.8. The Hall–Kier alpha value is -2.54. The minimum absolute atomic E-state index is 0.0735. The highest BCUT2D eigenvalue weighted by Gasteiger charge is 2.30. The molecule has 0 unspecified atom stereocenters. The number of halogens is 3. The lowest BCUT2D eigenvalue weighted by Gasteiger charge is -2.12. The van der Waals surface area contributed by atoms with Crippen molar-refractivity contribution in [2.45, 2.75) is 26.1 Å². The highest BCUT2D eigenvalue weighted by molar-refractivity contribution is 6.04. The van der Waals surface area contributed by atoms with Crippen molar-refractivity contribution in [3.05, 3.63) is 59.2 Å². The second kappa shape index (κ2) is 8.71. The van der Waals surface area contributed by atoms with E-state index in [9.17, 15) is 18.0 Å². The molecule has 140 valence electrons. The molecule has 0 bridgehead atoms. The van der Waals surface area contributed by atoms with Gasteiger partial charge in [-0.2, -0.15) is 13.2 Å². The number of methoxy groups -OCH3 is 1. The highest BCUT2D eigenvalue weighted by atomic mass is 19.4. The lowest BCUT2D eigenvalue weighted by atomic mass is 10.1. The van der Waals surface area contributed by atoms with Gasteiger partial charge in [0.15, 0.2) is 0 Å². The molecule has 0 aliphatic heterocycles. The Morgan fingerprint density at radius 2 is 1.92 bits per heavy atom. The van der Waals surface area contributed by atoms with Gasteiger partial charge in [0.25, 0.3) is 5.91 Å². The molecule has 0 heterocycles. The molecule has 2 aromatic carbocycles. The van der Waals surface area contributed by atoms with Crippen molar-refractivity contribution in [1.29, 1.82) is 0 Å². The van der Waals surface area contributed by atoms with Crippen LogP contribution >= 0.6 is 0 Å². The van der Waals surface area contributed by atoms with Crippen LogP contribution in [0, 0.1) is 0 Å². The molecular weight excluding hydrogens is 347 g/mol. The summed E-state index contributed by atoms with van der Waals surface area (Å²) in [4.78, 5) is 12.4. The average molecular weight is 367 g/mol. The van der Waals surface area contributed by atoms with Gasteiger partial charge in [0, 0.05) is 23.4 Å². The predicted molar refractivity (Wildman–Crippen MR) is 92.3 cm³/mol. The molecule has 0 saturated carbocycles. The number of ether oxygens (including phenoxy) is 2. The molecule has 1 amide bonds. The van der Waals surface area contributed by atoms with Crippen LogP contribution in [-0.4, -0.2) is 19.6 Å². The van der Waals surface area contributed by atoms with Crippen molar-refractivity contribution < 1.29 is 27.4 Å². The van der Waals surface area contributed by atoms with Crippen molar-refractivity contribution in [2.75, 3.05) is 19.0 Å². The number of amides is 1. The first-order chi connectivity index (χ1) is 12.3. The molecule has 0 saturated heterocycles. The third-order valence-electron chi connectivity index (χ3n) is 3.60. The lowest BCUT2D eigenvalue weighted by Crippen LogP contribution is -2.14. The van der Waals surface area contributed by atoms with Gasteiger partial charge in [-0.05, 0) is 42.8 Å². The predicted octanol–water partition coefficient (Wildman–Crippen LogP) is 4.89. The molecule has 0 aliphatic carbocycles. The number of benzene rings is 2. The van der Waals surface area contributed by atoms with E-state index in [-0.39, 0.29) is 12.3 Å². The molecule has 1 N–H and O–H groups in total. The van der Waals surface area contributed by atoms with Crippen molar-refractivity contribution in [3.63, 3.8) is 0 Å². The number of nitrogens with one attached hydrogen (secondary N) is 1. The first kappa shape index (κ1) is 19.8. The summed E-state index contributed by atoms with van der Waals surface area (Å²) in [5.74, 6) is 0.0699. The first-order valence-electron chi connectivity index (χ1n) is 8.08. The SMILES string of the molecule is CCCOCc1cc(C(=O)Nc2cccc(C(F)(F)F)c2)ccc1OC. The summed E-state index contributed by atoms with van der Waals surface area (Å²) in [6, 6.07) is 9.28. The first-order valence-corrected chi connectivity index (χ1v) is 8.08. The fourth-order valence-electron chi connectivity index (χ4n) is 2.34. The van der Waals surface area contributed by atoms with Crippen LogP contribution < -0.4 is 10.1 Å². The smallest absolute Gasteiger partial charge is 0.416 e. The molecule has 0 fully saturated rings. The molecule has 2 aromatic rings.